The van der Waals surface area contributed by atoms with Crippen LogP contribution in [0.5, 0.6) is 0 Å². The van der Waals surface area contributed by atoms with Crippen molar-refractivity contribution in [3.05, 3.63) is 54.1 Å². The van der Waals surface area contributed by atoms with Gasteiger partial charge in [-0.1, -0.05) is 30.3 Å². The SMILES string of the molecule is CC1CN(C)c2ccccc2CN1c1nc2ccccc2o1. The maximum absolute atomic E-state index is 5.98. The minimum absolute atomic E-state index is 0.325. The van der Waals surface area contributed by atoms with Gasteiger partial charge in [0.1, 0.15) is 5.52 Å². The molecule has 2 heterocycles. The van der Waals surface area contributed by atoms with E-state index in [2.05, 4.69) is 53.0 Å². The van der Waals surface area contributed by atoms with Crippen molar-refractivity contribution < 1.29 is 4.42 Å². The quantitative estimate of drug-likeness (QED) is 0.685. The lowest BCUT2D eigenvalue weighted by atomic mass is 10.1. The minimum Gasteiger partial charge on any atom is -0.423 e. The first-order chi connectivity index (χ1) is 10.7. The molecule has 0 bridgehead atoms. The predicted molar refractivity (Wildman–Crippen MR) is 89.4 cm³/mol. The number of anilines is 2. The fourth-order valence-electron chi connectivity index (χ4n) is 3.19. The summed E-state index contributed by atoms with van der Waals surface area (Å²) in [6.45, 7) is 3.97. The average molecular weight is 293 g/mol. The lowest BCUT2D eigenvalue weighted by molar-refractivity contribution is 0.527. The molecule has 1 atom stereocenters. The van der Waals surface area contributed by atoms with Crippen LogP contribution in [0.15, 0.2) is 52.9 Å². The number of oxazole rings is 1. The van der Waals surface area contributed by atoms with E-state index >= 15 is 0 Å². The average Bonchev–Trinajstić information content (AvgIpc) is 2.91. The molecule has 1 aliphatic heterocycles. The number of benzene rings is 2. The van der Waals surface area contributed by atoms with Crippen LogP contribution >= 0.6 is 0 Å². The molecule has 112 valence electrons. The van der Waals surface area contributed by atoms with Crippen molar-refractivity contribution >= 4 is 22.8 Å². The fraction of sp³-hybridized carbons (Fsp3) is 0.278. The van der Waals surface area contributed by atoms with E-state index in [0.29, 0.717) is 12.1 Å². The third-order valence-corrected chi connectivity index (χ3v) is 4.34. The minimum atomic E-state index is 0.325. The van der Waals surface area contributed by atoms with Gasteiger partial charge in [-0.2, -0.15) is 4.98 Å². The summed E-state index contributed by atoms with van der Waals surface area (Å²) in [5.41, 5.74) is 4.34. The summed E-state index contributed by atoms with van der Waals surface area (Å²) in [4.78, 5) is 9.23. The van der Waals surface area contributed by atoms with Gasteiger partial charge in [0.15, 0.2) is 5.58 Å². The number of rotatable bonds is 1. The van der Waals surface area contributed by atoms with Gasteiger partial charge in [-0.25, -0.2) is 0 Å². The standard InChI is InChI=1S/C18H19N3O/c1-13-11-20(2)16-9-5-3-7-14(16)12-21(13)18-19-15-8-4-6-10-17(15)22-18/h3-10,13H,11-12H2,1-2H3. The van der Waals surface area contributed by atoms with Crippen LogP contribution in [0, 0.1) is 0 Å². The highest BCUT2D eigenvalue weighted by molar-refractivity contribution is 5.74. The van der Waals surface area contributed by atoms with Gasteiger partial charge in [0, 0.05) is 31.9 Å². The van der Waals surface area contributed by atoms with Gasteiger partial charge >= 0.3 is 0 Å². The van der Waals surface area contributed by atoms with Crippen molar-refractivity contribution in [2.75, 3.05) is 23.4 Å². The molecule has 2 aromatic carbocycles. The monoisotopic (exact) mass is 293 g/mol. The molecule has 0 spiro atoms. The number of hydrogen-bond donors (Lipinski definition) is 0. The fourth-order valence-corrected chi connectivity index (χ4v) is 3.19. The van der Waals surface area contributed by atoms with Gasteiger partial charge in [-0.3, -0.25) is 0 Å². The Morgan fingerprint density at radius 2 is 1.86 bits per heavy atom. The Morgan fingerprint density at radius 1 is 1.09 bits per heavy atom. The van der Waals surface area contributed by atoms with E-state index in [4.69, 9.17) is 4.42 Å². The van der Waals surface area contributed by atoms with Gasteiger partial charge in [0.25, 0.3) is 6.01 Å². The Labute approximate surface area is 130 Å². The largest absolute Gasteiger partial charge is 0.423 e. The van der Waals surface area contributed by atoms with E-state index in [1.54, 1.807) is 0 Å². The smallest absolute Gasteiger partial charge is 0.298 e. The van der Waals surface area contributed by atoms with E-state index in [0.717, 1.165) is 24.2 Å². The summed E-state index contributed by atoms with van der Waals surface area (Å²) in [6, 6.07) is 17.5. The Balaban J connectivity index is 1.77. The number of hydrogen-bond acceptors (Lipinski definition) is 4. The topological polar surface area (TPSA) is 32.5 Å². The molecule has 4 rings (SSSR count). The van der Waals surface area contributed by atoms with Gasteiger partial charge in [0.05, 0.1) is 0 Å². The van der Waals surface area contributed by atoms with Crippen molar-refractivity contribution in [1.29, 1.82) is 0 Å². The van der Waals surface area contributed by atoms with Crippen LogP contribution in [-0.4, -0.2) is 24.6 Å². The highest BCUT2D eigenvalue weighted by atomic mass is 16.4. The lowest BCUT2D eigenvalue weighted by Gasteiger charge is -2.26. The van der Waals surface area contributed by atoms with Crippen molar-refractivity contribution in [3.8, 4) is 0 Å². The Bertz CT molecular complexity index is 778. The van der Waals surface area contributed by atoms with Crippen LogP contribution in [0.25, 0.3) is 11.1 Å². The molecule has 0 saturated heterocycles. The molecule has 1 aromatic heterocycles. The van der Waals surface area contributed by atoms with Crippen molar-refractivity contribution in [1.82, 2.24) is 4.98 Å². The van der Waals surface area contributed by atoms with E-state index in [-0.39, 0.29) is 0 Å². The number of likely N-dealkylation sites (N-methyl/N-ethyl adjacent to an activating group) is 1. The zero-order valence-corrected chi connectivity index (χ0v) is 12.9. The van der Waals surface area contributed by atoms with Crippen molar-refractivity contribution in [2.45, 2.75) is 19.5 Å². The molecule has 0 saturated carbocycles. The van der Waals surface area contributed by atoms with Crippen LogP contribution in [0.2, 0.25) is 0 Å². The number of fused-ring (bicyclic) bond motifs is 2. The van der Waals surface area contributed by atoms with Crippen molar-refractivity contribution in [3.63, 3.8) is 0 Å². The summed E-state index contributed by atoms with van der Waals surface area (Å²) in [5.74, 6) is 0. The highest BCUT2D eigenvalue weighted by Crippen LogP contribution is 2.30. The maximum Gasteiger partial charge on any atom is 0.298 e. The lowest BCUT2D eigenvalue weighted by Crippen LogP contribution is -2.38. The second-order valence-electron chi connectivity index (χ2n) is 5.95. The van der Waals surface area contributed by atoms with E-state index in [9.17, 15) is 0 Å². The normalized spacial score (nSPS) is 18.4. The number of nitrogens with zero attached hydrogens (tertiary/aromatic N) is 3. The highest BCUT2D eigenvalue weighted by Gasteiger charge is 2.26. The number of aromatic nitrogens is 1. The Morgan fingerprint density at radius 3 is 2.73 bits per heavy atom. The Hall–Kier alpha value is -2.49. The van der Waals surface area contributed by atoms with Gasteiger partial charge in [-0.05, 0) is 30.7 Å². The third kappa shape index (κ3) is 2.11. The summed E-state index contributed by atoms with van der Waals surface area (Å²) >= 11 is 0. The van der Waals surface area contributed by atoms with Crippen molar-refractivity contribution in [2.24, 2.45) is 0 Å². The van der Waals surface area contributed by atoms with E-state index in [1.807, 2.05) is 24.3 Å². The van der Waals surface area contributed by atoms with Crippen LogP contribution in [-0.2, 0) is 6.54 Å². The zero-order chi connectivity index (χ0) is 15.1. The molecule has 0 radical (unpaired) electrons. The number of para-hydroxylation sites is 3. The Kier molecular flexibility index (Phi) is 3.03. The predicted octanol–water partition coefficient (Wildman–Crippen LogP) is 3.67. The van der Waals surface area contributed by atoms with E-state index < -0.39 is 0 Å². The van der Waals surface area contributed by atoms with E-state index in [1.165, 1.54) is 11.3 Å². The maximum atomic E-state index is 5.98. The molecule has 0 amide bonds. The van der Waals surface area contributed by atoms with Crippen LogP contribution in [0.3, 0.4) is 0 Å². The van der Waals surface area contributed by atoms with Gasteiger partial charge in [0.2, 0.25) is 0 Å². The van der Waals surface area contributed by atoms with Crippen LogP contribution in [0.1, 0.15) is 12.5 Å². The summed E-state index contributed by atoms with van der Waals surface area (Å²) in [5, 5.41) is 0. The molecule has 0 N–H and O–H groups in total. The first kappa shape index (κ1) is 13.2. The molecule has 1 aliphatic rings. The second-order valence-corrected chi connectivity index (χ2v) is 5.95. The third-order valence-electron chi connectivity index (χ3n) is 4.34. The summed E-state index contributed by atoms with van der Waals surface area (Å²) in [6.07, 6.45) is 0. The molecule has 4 nitrogen and oxygen atoms in total. The molecule has 0 aliphatic carbocycles. The molecule has 1 unspecified atom stereocenters. The first-order valence-corrected chi connectivity index (χ1v) is 7.63. The van der Waals surface area contributed by atoms with Gasteiger partial charge < -0.3 is 14.2 Å². The first-order valence-electron chi connectivity index (χ1n) is 7.63. The molecule has 4 heteroatoms. The molecular weight excluding hydrogens is 274 g/mol. The van der Waals surface area contributed by atoms with Crippen LogP contribution < -0.4 is 9.80 Å². The second kappa shape index (κ2) is 5.05. The molecule has 0 fully saturated rings. The molecule has 3 aromatic rings. The van der Waals surface area contributed by atoms with Gasteiger partial charge in [-0.15, -0.1) is 0 Å². The van der Waals surface area contributed by atoms with Crippen LogP contribution in [0.4, 0.5) is 11.7 Å². The molecular formula is C18H19N3O. The summed E-state index contributed by atoms with van der Waals surface area (Å²) in [7, 11) is 2.14. The summed E-state index contributed by atoms with van der Waals surface area (Å²) < 4.78 is 5.98. The molecule has 22 heavy (non-hydrogen) atoms. The zero-order valence-electron chi connectivity index (χ0n) is 12.9.